The van der Waals surface area contributed by atoms with Crippen molar-refractivity contribution in [1.82, 2.24) is 9.21 Å². The first-order chi connectivity index (χ1) is 9.50. The largest absolute Gasteiger partial charge is 0.301 e. The van der Waals surface area contributed by atoms with E-state index in [1.807, 2.05) is 13.1 Å². The zero-order valence-electron chi connectivity index (χ0n) is 11.8. The quantitative estimate of drug-likeness (QED) is 0.842. The van der Waals surface area contributed by atoms with Crippen LogP contribution in [0.4, 0.5) is 0 Å². The van der Waals surface area contributed by atoms with Gasteiger partial charge in [-0.3, -0.25) is 0 Å². The Hall–Kier alpha value is -1.42. The molecule has 1 aromatic carbocycles. The van der Waals surface area contributed by atoms with Crippen molar-refractivity contribution in [3.8, 4) is 6.07 Å². The lowest BCUT2D eigenvalue weighted by atomic mass is 10.1. The topological polar surface area (TPSA) is 64.4 Å². The van der Waals surface area contributed by atoms with Gasteiger partial charge in [0, 0.05) is 25.7 Å². The molecule has 5 nitrogen and oxygen atoms in total. The second-order valence-electron chi connectivity index (χ2n) is 5.01. The van der Waals surface area contributed by atoms with E-state index in [0.717, 1.165) is 6.42 Å². The lowest BCUT2D eigenvalue weighted by Crippen LogP contribution is -2.52. The fourth-order valence-electron chi connectivity index (χ4n) is 2.50. The van der Waals surface area contributed by atoms with Crippen LogP contribution < -0.4 is 0 Å². The highest BCUT2D eigenvalue weighted by atomic mass is 32.2. The monoisotopic (exact) mass is 293 g/mol. The molecule has 20 heavy (non-hydrogen) atoms. The van der Waals surface area contributed by atoms with Gasteiger partial charge < -0.3 is 4.90 Å². The lowest BCUT2D eigenvalue weighted by Gasteiger charge is -2.38. The van der Waals surface area contributed by atoms with E-state index < -0.39 is 10.0 Å². The molecule has 6 heteroatoms. The minimum Gasteiger partial charge on any atom is -0.301 e. The first kappa shape index (κ1) is 15.0. The summed E-state index contributed by atoms with van der Waals surface area (Å²) in [5, 5.41) is 9.08. The first-order valence-electron chi connectivity index (χ1n) is 6.70. The minimum absolute atomic E-state index is 0.113. The number of benzene rings is 1. The van der Waals surface area contributed by atoms with Gasteiger partial charge in [0.2, 0.25) is 10.0 Å². The number of piperazine rings is 1. The summed E-state index contributed by atoms with van der Waals surface area (Å²) >= 11 is 0. The van der Waals surface area contributed by atoms with Gasteiger partial charge in [-0.15, -0.1) is 0 Å². The van der Waals surface area contributed by atoms with Crippen molar-refractivity contribution in [3.63, 3.8) is 0 Å². The van der Waals surface area contributed by atoms with Gasteiger partial charge in [-0.1, -0.05) is 19.1 Å². The highest BCUT2D eigenvalue weighted by Gasteiger charge is 2.33. The van der Waals surface area contributed by atoms with Crippen molar-refractivity contribution >= 4 is 10.0 Å². The van der Waals surface area contributed by atoms with Crippen LogP contribution in [-0.2, 0) is 10.0 Å². The summed E-state index contributed by atoms with van der Waals surface area (Å²) in [6.07, 6.45) is 0.905. The fraction of sp³-hybridized carbons (Fsp3) is 0.500. The molecule has 1 unspecified atom stereocenters. The third-order valence-electron chi connectivity index (χ3n) is 3.84. The second-order valence-corrected chi connectivity index (χ2v) is 6.92. The summed E-state index contributed by atoms with van der Waals surface area (Å²) in [7, 11) is -1.57. The molecular weight excluding hydrogens is 274 g/mol. The van der Waals surface area contributed by atoms with Crippen molar-refractivity contribution in [2.24, 2.45) is 0 Å². The molecule has 108 valence electrons. The molecule has 0 aromatic heterocycles. The van der Waals surface area contributed by atoms with Crippen LogP contribution in [-0.4, -0.2) is 50.3 Å². The van der Waals surface area contributed by atoms with Crippen molar-refractivity contribution in [3.05, 3.63) is 29.8 Å². The van der Waals surface area contributed by atoms with Crippen molar-refractivity contribution in [2.45, 2.75) is 24.3 Å². The predicted molar refractivity (Wildman–Crippen MR) is 76.6 cm³/mol. The van der Waals surface area contributed by atoms with Crippen molar-refractivity contribution in [2.75, 3.05) is 26.7 Å². The Kier molecular flexibility index (Phi) is 4.43. The Morgan fingerprint density at radius 3 is 2.70 bits per heavy atom. The molecular formula is C14H19N3O2S. The maximum atomic E-state index is 12.7. The molecule has 1 aromatic rings. The van der Waals surface area contributed by atoms with Crippen LogP contribution in [0.1, 0.15) is 18.9 Å². The van der Waals surface area contributed by atoms with Crippen LogP contribution >= 0.6 is 0 Å². The Bertz CT molecular complexity index is 622. The average molecular weight is 293 g/mol. The average Bonchev–Trinajstić information content (AvgIpc) is 2.47. The van der Waals surface area contributed by atoms with Gasteiger partial charge in [-0.05, 0) is 25.6 Å². The van der Waals surface area contributed by atoms with Gasteiger partial charge in [-0.2, -0.15) is 9.57 Å². The Morgan fingerprint density at radius 1 is 1.35 bits per heavy atom. The smallest absolute Gasteiger partial charge is 0.244 e. The highest BCUT2D eigenvalue weighted by molar-refractivity contribution is 7.89. The van der Waals surface area contributed by atoms with E-state index in [9.17, 15) is 8.42 Å². The van der Waals surface area contributed by atoms with Gasteiger partial charge in [0.25, 0.3) is 0 Å². The second kappa shape index (κ2) is 5.92. The van der Waals surface area contributed by atoms with Crippen molar-refractivity contribution in [1.29, 1.82) is 5.26 Å². The van der Waals surface area contributed by atoms with Gasteiger partial charge in [0.15, 0.2) is 0 Å². The van der Waals surface area contributed by atoms with Gasteiger partial charge >= 0.3 is 0 Å². The van der Waals surface area contributed by atoms with Crippen LogP contribution in [0.5, 0.6) is 0 Å². The summed E-state index contributed by atoms with van der Waals surface area (Å²) in [6.45, 7) is 3.72. The molecule has 1 saturated heterocycles. The number of sulfonamides is 1. The maximum absolute atomic E-state index is 12.7. The number of hydrogen-bond donors (Lipinski definition) is 0. The van der Waals surface area contributed by atoms with E-state index >= 15 is 0 Å². The van der Waals surface area contributed by atoms with E-state index in [1.54, 1.807) is 18.2 Å². The van der Waals surface area contributed by atoms with Crippen LogP contribution in [0.15, 0.2) is 29.2 Å². The predicted octanol–water partition coefficient (Wildman–Crippen LogP) is 1.27. The summed E-state index contributed by atoms with van der Waals surface area (Å²) in [5.41, 5.74) is 0.208. The molecule has 0 spiro atoms. The molecule has 1 fully saturated rings. The zero-order valence-corrected chi connectivity index (χ0v) is 12.6. The van der Waals surface area contributed by atoms with Crippen LogP contribution in [0, 0.1) is 11.3 Å². The van der Waals surface area contributed by atoms with Crippen LogP contribution in [0.3, 0.4) is 0 Å². The summed E-state index contributed by atoms with van der Waals surface area (Å²) in [4.78, 5) is 2.30. The molecule has 0 radical (unpaired) electrons. The molecule has 0 aliphatic carbocycles. The summed E-state index contributed by atoms with van der Waals surface area (Å²) in [6, 6.07) is 8.57. The zero-order chi connectivity index (χ0) is 14.8. The normalized spacial score (nSPS) is 21.6. The molecule has 1 heterocycles. The number of likely N-dealkylation sites (N-methyl/N-ethyl adjacent to an activating group) is 1. The summed E-state index contributed by atoms with van der Waals surface area (Å²) < 4.78 is 26.9. The third-order valence-corrected chi connectivity index (χ3v) is 5.76. The molecule has 0 amide bonds. The van der Waals surface area contributed by atoms with E-state index in [2.05, 4.69) is 11.8 Å². The molecule has 1 aliphatic heterocycles. The Balaban J connectivity index is 2.34. The fourth-order valence-corrected chi connectivity index (χ4v) is 4.11. The molecule has 0 bridgehead atoms. The lowest BCUT2D eigenvalue weighted by molar-refractivity contribution is 0.144. The molecule has 0 saturated carbocycles. The molecule has 0 N–H and O–H groups in total. The Morgan fingerprint density at radius 2 is 2.05 bits per heavy atom. The SMILES string of the molecule is CCC1CN(S(=O)(=O)c2ccccc2C#N)CCN1C. The van der Waals surface area contributed by atoms with Gasteiger partial charge in [0.1, 0.15) is 6.07 Å². The van der Waals surface area contributed by atoms with E-state index in [4.69, 9.17) is 5.26 Å². The summed E-state index contributed by atoms with van der Waals surface area (Å²) in [5.74, 6) is 0. The van der Waals surface area contributed by atoms with Crippen LogP contribution in [0.25, 0.3) is 0 Å². The van der Waals surface area contributed by atoms with Gasteiger partial charge in [-0.25, -0.2) is 8.42 Å². The number of nitriles is 1. The minimum atomic E-state index is -3.59. The number of hydrogen-bond acceptors (Lipinski definition) is 4. The third kappa shape index (κ3) is 2.70. The van der Waals surface area contributed by atoms with Crippen molar-refractivity contribution < 1.29 is 8.42 Å². The number of nitrogens with zero attached hydrogens (tertiary/aromatic N) is 3. The highest BCUT2D eigenvalue weighted by Crippen LogP contribution is 2.23. The van der Waals surface area contributed by atoms with Gasteiger partial charge in [0.05, 0.1) is 10.5 Å². The molecule has 1 aliphatic rings. The van der Waals surface area contributed by atoms with E-state index in [1.165, 1.54) is 10.4 Å². The van der Waals surface area contributed by atoms with E-state index in [0.29, 0.717) is 19.6 Å². The molecule has 1 atom stereocenters. The number of rotatable bonds is 3. The van der Waals surface area contributed by atoms with Crippen LogP contribution in [0.2, 0.25) is 0 Å². The standard InChI is InChI=1S/C14H19N3O2S/c1-3-13-11-17(9-8-16(13)2)20(18,19)14-7-5-4-6-12(14)10-15/h4-7,13H,3,8-9,11H2,1-2H3. The van der Waals surface area contributed by atoms with E-state index in [-0.39, 0.29) is 16.5 Å². The first-order valence-corrected chi connectivity index (χ1v) is 8.14. The maximum Gasteiger partial charge on any atom is 0.244 e. The molecule has 2 rings (SSSR count). The Labute approximate surface area is 120 Å².